The second-order valence-electron chi connectivity index (χ2n) is 6.29. The molecule has 0 atom stereocenters. The van der Waals surface area contributed by atoms with Crippen LogP contribution in [0.4, 0.5) is 27.8 Å². The van der Waals surface area contributed by atoms with Gasteiger partial charge in [-0.2, -0.15) is 0 Å². The minimum atomic E-state index is -1.03. The topological polar surface area (TPSA) is 117 Å². The van der Waals surface area contributed by atoms with Crippen LogP contribution in [0.1, 0.15) is 13.8 Å². The van der Waals surface area contributed by atoms with Gasteiger partial charge in [0, 0.05) is 17.9 Å². The quantitative estimate of drug-likeness (QED) is 0.603. The molecule has 0 bridgehead atoms. The lowest BCUT2D eigenvalue weighted by atomic mass is 10.1. The van der Waals surface area contributed by atoms with Crippen LogP contribution in [0.5, 0.6) is 5.75 Å². The Labute approximate surface area is 156 Å². The Bertz CT molecular complexity index is 879. The van der Waals surface area contributed by atoms with Crippen LogP contribution in [0, 0.1) is 0 Å². The number of rotatable bonds is 5. The molecule has 0 unspecified atom stereocenters. The Kier molecular flexibility index (Phi) is 4.93. The number of nitrogens with one attached hydrogen (secondary N) is 4. The minimum absolute atomic E-state index is 0.273. The Hall–Kier alpha value is -3.62. The van der Waals surface area contributed by atoms with E-state index >= 15 is 0 Å². The van der Waals surface area contributed by atoms with Crippen LogP contribution in [0.15, 0.2) is 43.2 Å². The molecule has 1 aliphatic rings. The lowest BCUT2D eigenvalue weighted by molar-refractivity contribution is -0.129. The van der Waals surface area contributed by atoms with E-state index in [4.69, 9.17) is 4.74 Å². The zero-order chi connectivity index (χ0) is 19.4. The lowest BCUT2D eigenvalue weighted by Crippen LogP contribution is -2.46. The summed E-state index contributed by atoms with van der Waals surface area (Å²) in [6.45, 7) is 7.26. The van der Waals surface area contributed by atoms with E-state index in [1.165, 1.54) is 6.33 Å². The largest absolute Gasteiger partial charge is 0.470 e. The third-order valence-electron chi connectivity index (χ3n) is 3.75. The number of carbonyl (C=O) groups excluding carboxylic acids is 2. The van der Waals surface area contributed by atoms with Crippen molar-refractivity contribution in [3.05, 3.63) is 43.2 Å². The van der Waals surface area contributed by atoms with Crippen molar-refractivity contribution >= 4 is 34.9 Å². The molecule has 0 radical (unpaired) electrons. The number of carbonyl (C=O) groups is 2. The normalized spacial score (nSPS) is 14.2. The summed E-state index contributed by atoms with van der Waals surface area (Å²) in [6, 6.07) is 6.74. The van der Waals surface area contributed by atoms with Gasteiger partial charge in [-0.15, -0.1) is 6.58 Å². The van der Waals surface area contributed by atoms with Gasteiger partial charge in [0.1, 0.15) is 6.33 Å². The third-order valence-corrected chi connectivity index (χ3v) is 3.75. The van der Waals surface area contributed by atoms with Gasteiger partial charge in [-0.25, -0.2) is 14.8 Å². The summed E-state index contributed by atoms with van der Waals surface area (Å²) in [5, 5.41) is 11.2. The molecule has 1 aliphatic heterocycles. The van der Waals surface area contributed by atoms with Gasteiger partial charge in [-0.1, -0.05) is 6.08 Å². The van der Waals surface area contributed by atoms with Gasteiger partial charge in [-0.05, 0) is 38.1 Å². The Morgan fingerprint density at radius 1 is 1.26 bits per heavy atom. The van der Waals surface area contributed by atoms with E-state index in [0.29, 0.717) is 29.6 Å². The summed E-state index contributed by atoms with van der Waals surface area (Å²) in [6.07, 6.45) is 2.93. The van der Waals surface area contributed by atoms with Crippen molar-refractivity contribution in [2.24, 2.45) is 0 Å². The zero-order valence-corrected chi connectivity index (χ0v) is 15.0. The van der Waals surface area contributed by atoms with Crippen molar-refractivity contribution in [3.63, 3.8) is 0 Å². The van der Waals surface area contributed by atoms with Crippen molar-refractivity contribution in [1.82, 2.24) is 15.3 Å². The summed E-state index contributed by atoms with van der Waals surface area (Å²) in [5.41, 5.74) is 0.337. The number of hydrogen-bond acceptors (Lipinski definition) is 6. The van der Waals surface area contributed by atoms with Crippen LogP contribution >= 0.6 is 0 Å². The molecule has 27 heavy (non-hydrogen) atoms. The van der Waals surface area contributed by atoms with Crippen molar-refractivity contribution in [2.45, 2.75) is 19.4 Å². The maximum Gasteiger partial charge on any atom is 0.319 e. The van der Waals surface area contributed by atoms with Crippen molar-refractivity contribution < 1.29 is 14.3 Å². The summed E-state index contributed by atoms with van der Waals surface area (Å²) in [4.78, 5) is 31.9. The number of hydrogen-bond donors (Lipinski definition) is 4. The van der Waals surface area contributed by atoms with Gasteiger partial charge in [-0.3, -0.25) is 4.79 Å². The van der Waals surface area contributed by atoms with Crippen LogP contribution in [-0.4, -0.2) is 34.1 Å². The van der Waals surface area contributed by atoms with Gasteiger partial charge in [0.15, 0.2) is 17.2 Å². The van der Waals surface area contributed by atoms with Gasteiger partial charge in [0.05, 0.1) is 0 Å². The average Bonchev–Trinajstić information content (AvgIpc) is 2.63. The molecule has 1 aromatic heterocycles. The Balaban J connectivity index is 1.73. The average molecular weight is 368 g/mol. The van der Waals surface area contributed by atoms with Crippen LogP contribution in [0.25, 0.3) is 0 Å². The highest BCUT2D eigenvalue weighted by Crippen LogP contribution is 2.38. The number of aromatic nitrogens is 2. The van der Waals surface area contributed by atoms with Crippen LogP contribution in [0.2, 0.25) is 0 Å². The zero-order valence-electron chi connectivity index (χ0n) is 15.0. The first-order valence-electron chi connectivity index (χ1n) is 8.27. The molecule has 9 nitrogen and oxygen atoms in total. The minimum Gasteiger partial charge on any atom is -0.470 e. The Morgan fingerprint density at radius 2 is 1.96 bits per heavy atom. The number of fused-ring (bicyclic) bond motifs is 1. The molecule has 2 aromatic rings. The molecule has 4 N–H and O–H groups in total. The highest BCUT2D eigenvalue weighted by molar-refractivity contribution is 6.00. The lowest BCUT2D eigenvalue weighted by Gasteiger charge is -2.31. The highest BCUT2D eigenvalue weighted by Gasteiger charge is 2.37. The van der Waals surface area contributed by atoms with Crippen LogP contribution in [0.3, 0.4) is 0 Å². The fourth-order valence-electron chi connectivity index (χ4n) is 2.32. The number of amides is 3. The van der Waals surface area contributed by atoms with Gasteiger partial charge >= 0.3 is 6.03 Å². The smallest absolute Gasteiger partial charge is 0.319 e. The number of benzene rings is 1. The van der Waals surface area contributed by atoms with E-state index in [2.05, 4.69) is 37.8 Å². The van der Waals surface area contributed by atoms with E-state index in [1.807, 2.05) is 0 Å². The molecular weight excluding hydrogens is 348 g/mol. The molecular formula is C18H20N6O3. The SMILES string of the molecule is C=CCNC(=O)Nc1ccc(Nc2ncnc3c2OC(C)(C)C(=O)N3)cc1. The molecule has 0 fully saturated rings. The van der Waals surface area contributed by atoms with E-state index < -0.39 is 5.60 Å². The highest BCUT2D eigenvalue weighted by atomic mass is 16.5. The molecule has 0 saturated carbocycles. The second kappa shape index (κ2) is 7.32. The summed E-state index contributed by atoms with van der Waals surface area (Å²) < 4.78 is 5.78. The number of anilines is 4. The summed E-state index contributed by atoms with van der Waals surface area (Å²) in [7, 11) is 0. The second-order valence-corrected chi connectivity index (χ2v) is 6.29. The van der Waals surface area contributed by atoms with E-state index in [1.54, 1.807) is 44.2 Å². The van der Waals surface area contributed by atoms with Crippen molar-refractivity contribution in [1.29, 1.82) is 0 Å². The molecule has 9 heteroatoms. The first kappa shape index (κ1) is 18.2. The molecule has 0 aliphatic carbocycles. The first-order valence-corrected chi connectivity index (χ1v) is 8.27. The molecule has 3 rings (SSSR count). The van der Waals surface area contributed by atoms with Crippen LogP contribution < -0.4 is 26.0 Å². The third kappa shape index (κ3) is 4.14. The Morgan fingerprint density at radius 3 is 2.67 bits per heavy atom. The van der Waals surface area contributed by atoms with Crippen molar-refractivity contribution in [2.75, 3.05) is 22.5 Å². The van der Waals surface area contributed by atoms with Gasteiger partial charge < -0.3 is 26.0 Å². The van der Waals surface area contributed by atoms with Crippen molar-refractivity contribution in [3.8, 4) is 5.75 Å². The monoisotopic (exact) mass is 368 g/mol. The molecule has 1 aromatic carbocycles. The molecule has 3 amide bonds. The van der Waals surface area contributed by atoms with Crippen LogP contribution in [-0.2, 0) is 4.79 Å². The molecule has 2 heterocycles. The number of ether oxygens (including phenoxy) is 1. The summed E-state index contributed by atoms with van der Waals surface area (Å²) >= 11 is 0. The molecule has 0 saturated heterocycles. The summed E-state index contributed by atoms with van der Waals surface area (Å²) in [5.74, 6) is 0.837. The van der Waals surface area contributed by atoms with Gasteiger partial charge in [0.2, 0.25) is 5.75 Å². The standard InChI is InChI=1S/C18H20N6O3/c1-4-9-19-17(26)23-12-7-5-11(6-8-12)22-14-13-15(21-10-20-14)24-16(25)18(2,3)27-13/h4-8,10H,1,9H2,2-3H3,(H2,19,23,26)(H2,20,21,22,24,25). The molecule has 0 spiro atoms. The predicted molar refractivity (Wildman–Crippen MR) is 102 cm³/mol. The molecule has 140 valence electrons. The van der Waals surface area contributed by atoms with E-state index in [9.17, 15) is 9.59 Å². The van der Waals surface area contributed by atoms with Gasteiger partial charge in [0.25, 0.3) is 5.91 Å². The first-order chi connectivity index (χ1) is 12.9. The maximum atomic E-state index is 12.0. The fourth-order valence-corrected chi connectivity index (χ4v) is 2.32. The van der Waals surface area contributed by atoms with E-state index in [-0.39, 0.29) is 11.9 Å². The maximum absolute atomic E-state index is 12.0. The number of nitrogens with zero attached hydrogens (tertiary/aromatic N) is 2. The van der Waals surface area contributed by atoms with E-state index in [0.717, 1.165) is 5.69 Å². The fraction of sp³-hybridized carbons (Fsp3) is 0.222. The number of urea groups is 1. The predicted octanol–water partition coefficient (Wildman–Crippen LogP) is 2.64.